The maximum absolute atomic E-state index is 13.2. The van der Waals surface area contributed by atoms with E-state index in [0.717, 1.165) is 9.46 Å². The molecule has 8 nitrogen and oxygen atoms in total. The number of aromatic nitrogens is 2. The number of fused-ring (bicyclic) bond motifs is 1. The molecule has 0 bridgehead atoms. The number of thioether (sulfide) groups is 1. The molecule has 0 spiro atoms. The van der Waals surface area contributed by atoms with Crippen molar-refractivity contribution in [2.45, 2.75) is 17.4 Å². The highest BCUT2D eigenvalue weighted by molar-refractivity contribution is 7.98. The fraction of sp³-hybridized carbons (Fsp3) is 0.154. The van der Waals surface area contributed by atoms with Crippen LogP contribution in [0, 0.1) is 0 Å². The van der Waals surface area contributed by atoms with Crippen LogP contribution in [0.15, 0.2) is 75.1 Å². The molecule has 0 aliphatic rings. The molecule has 0 aliphatic carbocycles. The van der Waals surface area contributed by atoms with Crippen LogP contribution in [0.25, 0.3) is 16.6 Å². The normalized spacial score (nSPS) is 11.9. The summed E-state index contributed by atoms with van der Waals surface area (Å²) in [6.07, 6.45) is 1.85. The number of rotatable bonds is 7. The van der Waals surface area contributed by atoms with Gasteiger partial charge in [-0.2, -0.15) is 0 Å². The zero-order valence-corrected chi connectivity index (χ0v) is 22.0. The SMILES string of the molecule is CSc1ccc2c(c1)c(=O)n(-c1ccc(C[C@H](NC(=O)c3c(Cl)cccc3Cl)C(=O)O)cc1)c(=O)n2C. The number of benzene rings is 3. The predicted octanol–water partition coefficient (Wildman–Crippen LogP) is 4.14. The molecule has 190 valence electrons. The van der Waals surface area contributed by atoms with E-state index < -0.39 is 29.2 Å². The Morgan fingerprint density at radius 1 is 1.03 bits per heavy atom. The minimum Gasteiger partial charge on any atom is -0.480 e. The molecule has 4 rings (SSSR count). The average Bonchev–Trinajstić information content (AvgIpc) is 2.87. The summed E-state index contributed by atoms with van der Waals surface area (Å²) in [5, 5.41) is 12.7. The number of hydrogen-bond acceptors (Lipinski definition) is 5. The number of aryl methyl sites for hydroxylation is 1. The molecule has 0 saturated heterocycles. The third-order valence-corrected chi connectivity index (χ3v) is 7.26. The van der Waals surface area contributed by atoms with E-state index in [1.54, 1.807) is 49.5 Å². The molecule has 4 aromatic rings. The first kappa shape index (κ1) is 26.5. The lowest BCUT2D eigenvalue weighted by atomic mass is 10.0. The van der Waals surface area contributed by atoms with Gasteiger partial charge in [0.15, 0.2) is 0 Å². The Morgan fingerprint density at radius 2 is 1.68 bits per heavy atom. The predicted molar refractivity (Wildman–Crippen MR) is 146 cm³/mol. The van der Waals surface area contributed by atoms with Crippen LogP contribution in [-0.4, -0.2) is 38.4 Å². The van der Waals surface area contributed by atoms with Crippen LogP contribution in [0.4, 0.5) is 0 Å². The van der Waals surface area contributed by atoms with Crippen molar-refractivity contribution >= 4 is 57.7 Å². The zero-order valence-electron chi connectivity index (χ0n) is 19.7. The molecule has 1 aromatic heterocycles. The molecule has 3 aromatic carbocycles. The van der Waals surface area contributed by atoms with Crippen LogP contribution >= 0.6 is 35.0 Å². The third kappa shape index (κ3) is 5.29. The van der Waals surface area contributed by atoms with Crippen molar-refractivity contribution in [2.75, 3.05) is 6.26 Å². The molecule has 2 N–H and O–H groups in total. The molecule has 11 heteroatoms. The maximum Gasteiger partial charge on any atom is 0.335 e. The molecule has 0 radical (unpaired) electrons. The van der Waals surface area contributed by atoms with E-state index >= 15 is 0 Å². The molecule has 1 heterocycles. The van der Waals surface area contributed by atoms with E-state index in [1.165, 1.54) is 28.5 Å². The van der Waals surface area contributed by atoms with Gasteiger partial charge in [0.05, 0.1) is 32.2 Å². The van der Waals surface area contributed by atoms with Crippen molar-refractivity contribution in [3.63, 3.8) is 0 Å². The monoisotopic (exact) mass is 557 g/mol. The van der Waals surface area contributed by atoms with Crippen molar-refractivity contribution in [3.05, 3.63) is 103 Å². The first-order valence-corrected chi connectivity index (χ1v) is 13.0. The van der Waals surface area contributed by atoms with E-state index in [2.05, 4.69) is 5.32 Å². The number of carboxylic acid groups (broad SMARTS) is 1. The number of carboxylic acids is 1. The van der Waals surface area contributed by atoms with E-state index in [9.17, 15) is 24.3 Å². The Morgan fingerprint density at radius 3 is 2.27 bits per heavy atom. The van der Waals surface area contributed by atoms with Crippen molar-refractivity contribution in [2.24, 2.45) is 7.05 Å². The molecule has 37 heavy (non-hydrogen) atoms. The first-order valence-electron chi connectivity index (χ1n) is 11.0. The lowest BCUT2D eigenvalue weighted by Gasteiger charge is -2.16. The number of nitrogens with zero attached hydrogens (tertiary/aromatic N) is 2. The Balaban J connectivity index is 1.63. The van der Waals surface area contributed by atoms with Crippen LogP contribution in [0.2, 0.25) is 10.0 Å². The Kier molecular flexibility index (Phi) is 7.77. The summed E-state index contributed by atoms with van der Waals surface area (Å²) in [6.45, 7) is 0. The second-order valence-electron chi connectivity index (χ2n) is 8.20. The average molecular weight is 558 g/mol. The van der Waals surface area contributed by atoms with Gasteiger partial charge in [-0.3, -0.25) is 14.2 Å². The van der Waals surface area contributed by atoms with Gasteiger partial charge in [0.2, 0.25) is 0 Å². The van der Waals surface area contributed by atoms with Crippen LogP contribution in [-0.2, 0) is 18.3 Å². The van der Waals surface area contributed by atoms with Crippen LogP contribution in [0.1, 0.15) is 15.9 Å². The molecular formula is C26H21Cl2N3O5S. The fourth-order valence-corrected chi connectivity index (χ4v) is 4.96. The second-order valence-corrected chi connectivity index (χ2v) is 9.89. The summed E-state index contributed by atoms with van der Waals surface area (Å²) in [6, 6.07) is 15.0. The third-order valence-electron chi connectivity index (χ3n) is 5.90. The summed E-state index contributed by atoms with van der Waals surface area (Å²) < 4.78 is 2.48. The van der Waals surface area contributed by atoms with Gasteiger partial charge in [0.1, 0.15) is 6.04 Å². The summed E-state index contributed by atoms with van der Waals surface area (Å²) in [4.78, 5) is 51.6. The largest absolute Gasteiger partial charge is 0.480 e. The Hall–Kier alpha value is -3.53. The maximum atomic E-state index is 13.2. The van der Waals surface area contributed by atoms with E-state index in [1.807, 2.05) is 12.3 Å². The minimum absolute atomic E-state index is 0.0106. The molecule has 0 saturated carbocycles. The van der Waals surface area contributed by atoms with Gasteiger partial charge < -0.3 is 10.4 Å². The van der Waals surface area contributed by atoms with Gasteiger partial charge in [0.25, 0.3) is 11.5 Å². The van der Waals surface area contributed by atoms with Gasteiger partial charge in [0, 0.05) is 18.4 Å². The number of hydrogen-bond donors (Lipinski definition) is 2. The number of halogens is 2. The molecule has 0 unspecified atom stereocenters. The number of carbonyl (C=O) groups excluding carboxylic acids is 1. The quantitative estimate of drug-likeness (QED) is 0.330. The summed E-state index contributed by atoms with van der Waals surface area (Å²) in [5.74, 6) is -1.96. The Bertz CT molecular complexity index is 1630. The van der Waals surface area contributed by atoms with E-state index in [4.69, 9.17) is 23.2 Å². The smallest absolute Gasteiger partial charge is 0.335 e. The molecular weight excluding hydrogens is 537 g/mol. The topological polar surface area (TPSA) is 110 Å². The van der Waals surface area contributed by atoms with E-state index in [0.29, 0.717) is 22.2 Å². The van der Waals surface area contributed by atoms with Crippen molar-refractivity contribution < 1.29 is 14.7 Å². The first-order chi connectivity index (χ1) is 17.6. The van der Waals surface area contributed by atoms with Gasteiger partial charge in [-0.15, -0.1) is 11.8 Å². The lowest BCUT2D eigenvalue weighted by molar-refractivity contribution is -0.139. The minimum atomic E-state index is -1.27. The number of nitrogens with one attached hydrogen (secondary N) is 1. The van der Waals surface area contributed by atoms with Gasteiger partial charge >= 0.3 is 11.7 Å². The molecule has 0 aliphatic heterocycles. The summed E-state index contributed by atoms with van der Waals surface area (Å²) >= 11 is 13.6. The Labute approximate surface area is 225 Å². The molecule has 0 fully saturated rings. The fourth-order valence-electron chi connectivity index (χ4n) is 3.96. The number of amides is 1. The lowest BCUT2D eigenvalue weighted by Crippen LogP contribution is -2.42. The van der Waals surface area contributed by atoms with Crippen molar-refractivity contribution in [1.29, 1.82) is 0 Å². The van der Waals surface area contributed by atoms with Crippen LogP contribution < -0.4 is 16.6 Å². The van der Waals surface area contributed by atoms with Crippen LogP contribution in [0.3, 0.4) is 0 Å². The summed E-state index contributed by atoms with van der Waals surface area (Å²) in [7, 11) is 1.60. The number of aliphatic carboxylic acids is 1. The highest BCUT2D eigenvalue weighted by Gasteiger charge is 2.24. The molecule has 1 atom stereocenters. The standard InChI is InChI=1S/C26H21Cl2N3O5S/c1-30-21-11-10-16(37-2)13-17(21)24(33)31(26(30)36)15-8-6-14(7-9-15)12-20(25(34)35)29-23(32)22-18(27)4-3-5-19(22)28/h3-11,13,20H,12H2,1-2H3,(H,29,32)(H,34,35)/t20-/m0/s1. The zero-order chi connectivity index (χ0) is 26.9. The van der Waals surface area contributed by atoms with Crippen LogP contribution in [0.5, 0.6) is 0 Å². The highest BCUT2D eigenvalue weighted by Crippen LogP contribution is 2.24. The summed E-state index contributed by atoms with van der Waals surface area (Å²) in [5.41, 5.74) is 0.466. The van der Waals surface area contributed by atoms with E-state index in [-0.39, 0.29) is 22.0 Å². The van der Waals surface area contributed by atoms with Crippen molar-refractivity contribution in [3.8, 4) is 5.69 Å². The number of carbonyl (C=O) groups is 2. The molecule has 1 amide bonds. The second kappa shape index (κ2) is 10.8. The van der Waals surface area contributed by atoms with Gasteiger partial charge in [-0.1, -0.05) is 41.4 Å². The highest BCUT2D eigenvalue weighted by atomic mass is 35.5. The van der Waals surface area contributed by atoms with Gasteiger partial charge in [-0.05, 0) is 54.3 Å². The van der Waals surface area contributed by atoms with Crippen molar-refractivity contribution in [1.82, 2.24) is 14.5 Å². The van der Waals surface area contributed by atoms with Gasteiger partial charge in [-0.25, -0.2) is 14.2 Å².